The summed E-state index contributed by atoms with van der Waals surface area (Å²) in [6.07, 6.45) is 11.5. The quantitative estimate of drug-likeness (QED) is 0.503. The Morgan fingerprint density at radius 2 is 1.85 bits per heavy atom. The fourth-order valence-electron chi connectivity index (χ4n) is 5.48. The van der Waals surface area contributed by atoms with Gasteiger partial charge in [0.25, 0.3) is 0 Å². The van der Waals surface area contributed by atoms with Gasteiger partial charge < -0.3 is 4.90 Å². The molecule has 3 rings (SSSR count). The maximum Gasteiger partial charge on any atom is 0.0415 e. The van der Waals surface area contributed by atoms with Crippen molar-refractivity contribution in [3.05, 3.63) is 47.3 Å². The molecule has 0 aromatic heterocycles. The summed E-state index contributed by atoms with van der Waals surface area (Å²) in [6, 6.07) is 0. The van der Waals surface area contributed by atoms with Crippen LogP contribution in [-0.4, -0.2) is 11.4 Å². The van der Waals surface area contributed by atoms with Crippen LogP contribution in [0.4, 0.5) is 0 Å². The molecule has 0 bridgehead atoms. The highest BCUT2D eigenvalue weighted by molar-refractivity contribution is 5.53. The Balaban J connectivity index is 1.93. The summed E-state index contributed by atoms with van der Waals surface area (Å²) in [5, 5.41) is 0. The van der Waals surface area contributed by atoms with Crippen LogP contribution in [0.25, 0.3) is 0 Å². The van der Waals surface area contributed by atoms with Crippen LogP contribution in [0.15, 0.2) is 47.3 Å². The Hall–Kier alpha value is -1.24. The minimum Gasteiger partial charge on any atom is -0.345 e. The van der Waals surface area contributed by atoms with E-state index in [9.17, 15) is 0 Å². The van der Waals surface area contributed by atoms with E-state index < -0.39 is 0 Å². The van der Waals surface area contributed by atoms with E-state index in [1.54, 1.807) is 5.57 Å². The molecular formula is C25H39N. The lowest BCUT2D eigenvalue weighted by Gasteiger charge is -2.35. The minimum absolute atomic E-state index is 0.208. The molecule has 1 nitrogen and oxygen atoms in total. The molecule has 1 heterocycles. The zero-order valence-electron chi connectivity index (χ0n) is 17.8. The van der Waals surface area contributed by atoms with Crippen molar-refractivity contribution >= 4 is 0 Å². The molecule has 0 radical (unpaired) electrons. The predicted octanol–water partition coefficient (Wildman–Crippen LogP) is 7.24. The average molecular weight is 354 g/mol. The van der Waals surface area contributed by atoms with E-state index in [0.29, 0.717) is 5.92 Å². The molecule has 1 fully saturated rings. The monoisotopic (exact) mass is 353 g/mol. The fourth-order valence-corrected chi connectivity index (χ4v) is 5.48. The van der Waals surface area contributed by atoms with Gasteiger partial charge in [0.2, 0.25) is 0 Å². The Kier molecular flexibility index (Phi) is 5.56. The van der Waals surface area contributed by atoms with Crippen molar-refractivity contribution in [3.8, 4) is 0 Å². The topological polar surface area (TPSA) is 3.24 Å². The molecule has 3 aliphatic rings. The second kappa shape index (κ2) is 7.41. The van der Waals surface area contributed by atoms with Crippen LogP contribution >= 0.6 is 0 Å². The van der Waals surface area contributed by atoms with Crippen molar-refractivity contribution < 1.29 is 0 Å². The van der Waals surface area contributed by atoms with Crippen LogP contribution in [0.1, 0.15) is 79.6 Å². The summed E-state index contributed by atoms with van der Waals surface area (Å²) in [4.78, 5) is 2.51. The first kappa shape index (κ1) is 19.5. The zero-order valence-corrected chi connectivity index (χ0v) is 17.8. The van der Waals surface area contributed by atoms with E-state index in [1.807, 2.05) is 0 Å². The van der Waals surface area contributed by atoms with Crippen molar-refractivity contribution in [2.75, 3.05) is 6.54 Å². The van der Waals surface area contributed by atoms with E-state index >= 15 is 0 Å². The van der Waals surface area contributed by atoms with E-state index in [0.717, 1.165) is 31.2 Å². The summed E-state index contributed by atoms with van der Waals surface area (Å²) in [6.45, 7) is 21.8. The van der Waals surface area contributed by atoms with Gasteiger partial charge in [-0.25, -0.2) is 0 Å². The van der Waals surface area contributed by atoms with Gasteiger partial charge in [-0.3, -0.25) is 0 Å². The predicted molar refractivity (Wildman–Crippen MR) is 114 cm³/mol. The average Bonchev–Trinajstić information content (AvgIpc) is 2.88. The highest BCUT2D eigenvalue weighted by atomic mass is 15.2. The van der Waals surface area contributed by atoms with Crippen LogP contribution in [0.2, 0.25) is 0 Å². The first-order valence-corrected chi connectivity index (χ1v) is 10.9. The maximum absolute atomic E-state index is 4.60. The molecule has 26 heavy (non-hydrogen) atoms. The van der Waals surface area contributed by atoms with Gasteiger partial charge in [-0.2, -0.15) is 0 Å². The van der Waals surface area contributed by atoms with Gasteiger partial charge in [-0.15, -0.1) is 0 Å². The molecular weight excluding hydrogens is 314 g/mol. The smallest absolute Gasteiger partial charge is 0.0415 e. The van der Waals surface area contributed by atoms with E-state index in [1.165, 1.54) is 54.6 Å². The Morgan fingerprint density at radius 1 is 1.19 bits per heavy atom. The van der Waals surface area contributed by atoms with Gasteiger partial charge in [0, 0.05) is 29.3 Å². The Bertz CT molecular complexity index is 637. The molecule has 1 saturated carbocycles. The maximum atomic E-state index is 4.60. The lowest BCUT2D eigenvalue weighted by atomic mass is 9.69. The summed E-state index contributed by atoms with van der Waals surface area (Å²) < 4.78 is 0. The molecule has 0 amide bonds. The van der Waals surface area contributed by atoms with Crippen molar-refractivity contribution in [1.29, 1.82) is 0 Å². The summed E-state index contributed by atoms with van der Waals surface area (Å²) >= 11 is 0. The molecule has 0 N–H and O–H groups in total. The number of rotatable bonds is 5. The fraction of sp³-hybridized carbons (Fsp3) is 0.680. The number of allylic oxidation sites excluding steroid dienone is 4. The molecule has 1 aliphatic heterocycles. The third kappa shape index (κ3) is 3.47. The molecule has 144 valence electrons. The lowest BCUT2D eigenvalue weighted by molar-refractivity contribution is 0.288. The van der Waals surface area contributed by atoms with Crippen molar-refractivity contribution in [1.82, 2.24) is 4.90 Å². The van der Waals surface area contributed by atoms with Gasteiger partial charge in [-0.05, 0) is 66.7 Å². The molecule has 1 heteroatoms. The van der Waals surface area contributed by atoms with Gasteiger partial charge >= 0.3 is 0 Å². The molecule has 1 atom stereocenters. The van der Waals surface area contributed by atoms with Gasteiger partial charge in [0.05, 0.1) is 0 Å². The SMILES string of the molecule is C=C1C(CC2CCC(C)CC2)=CC2=C(C1CC)C(C)(C)CN2C(=C)CC. The first-order valence-electron chi connectivity index (χ1n) is 10.9. The number of hydrogen-bond donors (Lipinski definition) is 0. The second-order valence-electron chi connectivity index (χ2n) is 9.67. The summed E-state index contributed by atoms with van der Waals surface area (Å²) in [7, 11) is 0. The van der Waals surface area contributed by atoms with Crippen molar-refractivity contribution in [2.45, 2.75) is 79.6 Å². The van der Waals surface area contributed by atoms with Crippen molar-refractivity contribution in [2.24, 2.45) is 23.2 Å². The van der Waals surface area contributed by atoms with Crippen LogP contribution in [0.3, 0.4) is 0 Å². The van der Waals surface area contributed by atoms with Gasteiger partial charge in [-0.1, -0.05) is 60.6 Å². The van der Waals surface area contributed by atoms with Gasteiger partial charge in [0.15, 0.2) is 0 Å². The first-order chi connectivity index (χ1) is 12.3. The number of hydrogen-bond acceptors (Lipinski definition) is 1. The van der Waals surface area contributed by atoms with Crippen LogP contribution in [-0.2, 0) is 0 Å². The highest BCUT2D eigenvalue weighted by Crippen LogP contribution is 2.52. The van der Waals surface area contributed by atoms with Crippen LogP contribution in [0, 0.1) is 23.2 Å². The molecule has 1 unspecified atom stereocenters. The molecule has 0 saturated heterocycles. The summed E-state index contributed by atoms with van der Waals surface area (Å²) in [5.74, 6) is 2.29. The van der Waals surface area contributed by atoms with E-state index in [2.05, 4.69) is 58.8 Å². The Morgan fingerprint density at radius 3 is 2.42 bits per heavy atom. The normalized spacial score (nSPS) is 31.1. The van der Waals surface area contributed by atoms with E-state index in [4.69, 9.17) is 0 Å². The van der Waals surface area contributed by atoms with Crippen LogP contribution in [0.5, 0.6) is 0 Å². The Labute approximate surface area is 161 Å². The van der Waals surface area contributed by atoms with Crippen molar-refractivity contribution in [3.63, 3.8) is 0 Å². The largest absolute Gasteiger partial charge is 0.345 e. The molecule has 2 aliphatic carbocycles. The molecule has 0 spiro atoms. The molecule has 0 aromatic carbocycles. The third-order valence-electron chi connectivity index (χ3n) is 7.18. The second-order valence-corrected chi connectivity index (χ2v) is 9.67. The third-order valence-corrected chi connectivity index (χ3v) is 7.18. The van der Waals surface area contributed by atoms with Gasteiger partial charge in [0.1, 0.15) is 0 Å². The highest BCUT2D eigenvalue weighted by Gasteiger charge is 2.43. The van der Waals surface area contributed by atoms with E-state index in [-0.39, 0.29) is 5.41 Å². The summed E-state index contributed by atoms with van der Waals surface area (Å²) in [5.41, 5.74) is 7.47. The van der Waals surface area contributed by atoms with Crippen LogP contribution < -0.4 is 0 Å². The molecule has 0 aromatic rings. The minimum atomic E-state index is 0.208. The zero-order chi connectivity index (χ0) is 19.1. The number of nitrogens with zero attached hydrogens (tertiary/aromatic N) is 1. The lowest BCUT2D eigenvalue weighted by Crippen LogP contribution is -2.26. The standard InChI is InChI=1S/C25H39N/c1-8-18(4)26-16-25(6,7)24-22(9-2)19(5)21(15-23(24)26)14-20-12-10-17(3)11-13-20/h15,17,20,22H,4-5,8-14,16H2,1-3,6-7H3.